The van der Waals surface area contributed by atoms with E-state index in [-0.39, 0.29) is 5.91 Å². The summed E-state index contributed by atoms with van der Waals surface area (Å²) in [5.41, 5.74) is 3.58. The van der Waals surface area contributed by atoms with Crippen molar-refractivity contribution in [1.29, 1.82) is 0 Å². The van der Waals surface area contributed by atoms with E-state index in [9.17, 15) is 4.79 Å². The quantitative estimate of drug-likeness (QED) is 0.464. The molecule has 0 spiro atoms. The molecule has 0 radical (unpaired) electrons. The highest BCUT2D eigenvalue weighted by Crippen LogP contribution is 2.47. The third-order valence-electron chi connectivity index (χ3n) is 5.71. The standard InChI is InChI=1S/C25H21NO2/c1-18(27)26-22-15-9-8-14-21(22)24-23(26)16-17-25(28-24,19-10-4-2-5-11-19)20-12-6-3-7-13-20/h2-15H,16-17H2,1H3. The van der Waals surface area contributed by atoms with E-state index in [0.717, 1.165) is 46.3 Å². The minimum Gasteiger partial charge on any atom is -0.475 e. The zero-order valence-corrected chi connectivity index (χ0v) is 15.8. The van der Waals surface area contributed by atoms with Crippen molar-refractivity contribution < 1.29 is 9.53 Å². The van der Waals surface area contributed by atoms with E-state index in [4.69, 9.17) is 4.74 Å². The molecule has 0 aliphatic carbocycles. The van der Waals surface area contributed by atoms with Crippen LogP contribution in [-0.4, -0.2) is 10.5 Å². The molecule has 0 fully saturated rings. The van der Waals surface area contributed by atoms with Crippen LogP contribution < -0.4 is 4.74 Å². The highest BCUT2D eigenvalue weighted by molar-refractivity contribution is 5.97. The first-order chi connectivity index (χ1) is 13.7. The molecule has 0 bridgehead atoms. The molecule has 138 valence electrons. The number of fused-ring (bicyclic) bond motifs is 3. The first-order valence-corrected chi connectivity index (χ1v) is 9.64. The van der Waals surface area contributed by atoms with Gasteiger partial charge in [-0.15, -0.1) is 0 Å². The van der Waals surface area contributed by atoms with Crippen LogP contribution in [0.2, 0.25) is 0 Å². The molecule has 1 aliphatic heterocycles. The molecule has 0 saturated heterocycles. The van der Waals surface area contributed by atoms with Crippen molar-refractivity contribution >= 4 is 16.8 Å². The fourth-order valence-electron chi connectivity index (χ4n) is 4.47. The summed E-state index contributed by atoms with van der Waals surface area (Å²) < 4.78 is 8.67. The molecule has 1 aliphatic rings. The van der Waals surface area contributed by atoms with Gasteiger partial charge in [0.2, 0.25) is 5.91 Å². The van der Waals surface area contributed by atoms with Gasteiger partial charge in [0.05, 0.1) is 11.2 Å². The second-order valence-electron chi connectivity index (χ2n) is 7.31. The van der Waals surface area contributed by atoms with Gasteiger partial charge < -0.3 is 4.74 Å². The first kappa shape index (κ1) is 16.8. The predicted octanol–water partition coefficient (Wildman–Crippen LogP) is 5.57. The lowest BCUT2D eigenvalue weighted by molar-refractivity contribution is 0.0814. The van der Waals surface area contributed by atoms with Crippen molar-refractivity contribution in [3.05, 3.63) is 102 Å². The Bertz CT molecular complexity index is 1120. The maximum Gasteiger partial charge on any atom is 0.228 e. The number of carbonyl (C=O) groups is 1. The minimum atomic E-state index is -0.568. The third-order valence-corrected chi connectivity index (χ3v) is 5.71. The Morgan fingerprint density at radius 2 is 1.43 bits per heavy atom. The van der Waals surface area contributed by atoms with Gasteiger partial charge in [0.15, 0.2) is 5.60 Å². The van der Waals surface area contributed by atoms with Crippen LogP contribution in [0.25, 0.3) is 10.9 Å². The van der Waals surface area contributed by atoms with E-state index in [1.54, 1.807) is 6.92 Å². The van der Waals surface area contributed by atoms with Gasteiger partial charge in [-0.05, 0) is 29.7 Å². The monoisotopic (exact) mass is 367 g/mol. The van der Waals surface area contributed by atoms with Crippen molar-refractivity contribution in [2.24, 2.45) is 0 Å². The first-order valence-electron chi connectivity index (χ1n) is 9.64. The third kappa shape index (κ3) is 2.40. The molecular weight excluding hydrogens is 346 g/mol. The number of carbonyl (C=O) groups excluding carboxylic acids is 1. The summed E-state index contributed by atoms with van der Waals surface area (Å²) in [6, 6.07) is 28.8. The Morgan fingerprint density at radius 1 is 0.857 bits per heavy atom. The van der Waals surface area contributed by atoms with E-state index >= 15 is 0 Å². The minimum absolute atomic E-state index is 0.0213. The van der Waals surface area contributed by atoms with Crippen LogP contribution in [0, 0.1) is 0 Å². The molecule has 0 saturated carbocycles. The van der Waals surface area contributed by atoms with E-state index in [0.29, 0.717) is 0 Å². The Balaban J connectivity index is 1.77. The number of nitrogens with zero attached hydrogens (tertiary/aromatic N) is 1. The fraction of sp³-hybridized carbons (Fsp3) is 0.160. The summed E-state index contributed by atoms with van der Waals surface area (Å²) in [6.07, 6.45) is 1.55. The number of aromatic nitrogens is 1. The Labute approximate surface area is 164 Å². The zero-order chi connectivity index (χ0) is 19.1. The Hall–Kier alpha value is -3.33. The fourth-order valence-corrected chi connectivity index (χ4v) is 4.47. The Morgan fingerprint density at radius 3 is 2.04 bits per heavy atom. The lowest BCUT2D eigenvalue weighted by Crippen LogP contribution is -2.38. The van der Waals surface area contributed by atoms with Crippen molar-refractivity contribution in [2.45, 2.75) is 25.4 Å². The molecular formula is C25H21NO2. The molecule has 0 unspecified atom stereocenters. The van der Waals surface area contributed by atoms with Crippen LogP contribution >= 0.6 is 0 Å². The number of ether oxygens (including phenoxy) is 1. The smallest absolute Gasteiger partial charge is 0.228 e. The van der Waals surface area contributed by atoms with E-state index in [2.05, 4.69) is 48.5 Å². The number of para-hydroxylation sites is 1. The number of benzene rings is 3. The van der Waals surface area contributed by atoms with Gasteiger partial charge in [-0.1, -0.05) is 72.8 Å². The van der Waals surface area contributed by atoms with Crippen molar-refractivity contribution in [1.82, 2.24) is 4.57 Å². The summed E-state index contributed by atoms with van der Waals surface area (Å²) in [5, 5.41) is 0.989. The number of hydrogen-bond acceptors (Lipinski definition) is 2. The summed E-state index contributed by atoms with van der Waals surface area (Å²) >= 11 is 0. The average Bonchev–Trinajstić information content (AvgIpc) is 3.08. The molecule has 3 aromatic carbocycles. The molecule has 4 aromatic rings. The highest BCUT2D eigenvalue weighted by atomic mass is 16.5. The lowest BCUT2D eigenvalue weighted by atomic mass is 9.80. The zero-order valence-electron chi connectivity index (χ0n) is 15.8. The Kier molecular flexibility index (Phi) is 3.83. The second kappa shape index (κ2) is 6.38. The van der Waals surface area contributed by atoms with Crippen molar-refractivity contribution in [2.75, 3.05) is 0 Å². The molecule has 3 heteroatoms. The molecule has 0 N–H and O–H groups in total. The van der Waals surface area contributed by atoms with Crippen LogP contribution in [0.5, 0.6) is 5.75 Å². The van der Waals surface area contributed by atoms with E-state index in [1.807, 2.05) is 41.0 Å². The number of hydrogen-bond donors (Lipinski definition) is 0. The predicted molar refractivity (Wildman–Crippen MR) is 111 cm³/mol. The molecule has 28 heavy (non-hydrogen) atoms. The maximum atomic E-state index is 12.4. The van der Waals surface area contributed by atoms with Crippen LogP contribution in [0.15, 0.2) is 84.9 Å². The topological polar surface area (TPSA) is 31.2 Å². The highest BCUT2D eigenvalue weighted by Gasteiger charge is 2.42. The van der Waals surface area contributed by atoms with Gasteiger partial charge in [-0.2, -0.15) is 0 Å². The summed E-state index contributed by atoms with van der Waals surface area (Å²) in [5.74, 6) is 0.845. The van der Waals surface area contributed by atoms with Crippen LogP contribution in [0.4, 0.5) is 0 Å². The van der Waals surface area contributed by atoms with Crippen LogP contribution in [-0.2, 0) is 12.0 Å². The molecule has 2 heterocycles. The van der Waals surface area contributed by atoms with Crippen molar-refractivity contribution in [3.63, 3.8) is 0 Å². The SMILES string of the molecule is CC(=O)n1c2c(c3ccccc31)OC(c1ccccc1)(c1ccccc1)CC2. The molecule has 0 amide bonds. The van der Waals surface area contributed by atoms with Gasteiger partial charge in [-0.3, -0.25) is 9.36 Å². The molecule has 5 rings (SSSR count). The van der Waals surface area contributed by atoms with Gasteiger partial charge >= 0.3 is 0 Å². The van der Waals surface area contributed by atoms with E-state index in [1.165, 1.54) is 0 Å². The number of rotatable bonds is 2. The van der Waals surface area contributed by atoms with E-state index < -0.39 is 5.60 Å². The molecule has 0 atom stereocenters. The second-order valence-corrected chi connectivity index (χ2v) is 7.31. The average molecular weight is 367 g/mol. The van der Waals surface area contributed by atoms with Crippen molar-refractivity contribution in [3.8, 4) is 5.75 Å². The largest absolute Gasteiger partial charge is 0.475 e. The van der Waals surface area contributed by atoms with Crippen LogP contribution in [0.3, 0.4) is 0 Å². The molecule has 3 nitrogen and oxygen atoms in total. The van der Waals surface area contributed by atoms with Gasteiger partial charge in [-0.25, -0.2) is 0 Å². The maximum absolute atomic E-state index is 12.4. The van der Waals surface area contributed by atoms with Crippen LogP contribution in [0.1, 0.15) is 35.0 Å². The summed E-state index contributed by atoms with van der Waals surface area (Å²) in [7, 11) is 0. The lowest BCUT2D eigenvalue weighted by Gasteiger charge is -2.39. The normalized spacial score (nSPS) is 15.0. The van der Waals surface area contributed by atoms with Gasteiger partial charge in [0, 0.05) is 18.7 Å². The summed E-state index contributed by atoms with van der Waals surface area (Å²) in [6.45, 7) is 1.61. The van der Waals surface area contributed by atoms with Gasteiger partial charge in [0.25, 0.3) is 0 Å². The van der Waals surface area contributed by atoms with Gasteiger partial charge in [0.1, 0.15) is 5.75 Å². The summed E-state index contributed by atoms with van der Waals surface area (Å²) in [4.78, 5) is 12.4. The molecule has 1 aromatic heterocycles.